The Morgan fingerprint density at radius 3 is 2.80 bits per heavy atom. The number of ether oxygens (including phenoxy) is 2. The summed E-state index contributed by atoms with van der Waals surface area (Å²) in [6, 6.07) is 2.26. The van der Waals surface area contributed by atoms with Crippen LogP contribution in [0.15, 0.2) is 18.5 Å². The summed E-state index contributed by atoms with van der Waals surface area (Å²) in [6.45, 7) is 9.22. The minimum atomic E-state index is 0.160. The first-order valence-electron chi connectivity index (χ1n) is 7.60. The van der Waals surface area contributed by atoms with Gasteiger partial charge in [0.05, 0.1) is 30.6 Å². The van der Waals surface area contributed by atoms with Crippen molar-refractivity contribution in [1.29, 1.82) is 0 Å². The van der Waals surface area contributed by atoms with Crippen LogP contribution in [-0.2, 0) is 4.74 Å². The number of likely N-dealkylation sites (N-methyl/N-ethyl adjacent to an activating group) is 1. The normalized spacial score (nSPS) is 24.1. The van der Waals surface area contributed by atoms with Crippen LogP contribution in [-0.4, -0.2) is 29.8 Å². The average molecular weight is 278 g/mol. The van der Waals surface area contributed by atoms with Gasteiger partial charge in [0.25, 0.3) is 0 Å². The standard InChI is InChI=1S/C16H26N2O2/c1-5-18-16(15-7-6-12(4)20-15)13-8-14(10-17-9-13)19-11(2)3/h8-12,15-16,18H,5-7H2,1-4H3. The molecule has 1 aliphatic rings. The molecule has 3 unspecified atom stereocenters. The lowest BCUT2D eigenvalue weighted by molar-refractivity contribution is 0.0318. The summed E-state index contributed by atoms with van der Waals surface area (Å²) in [5, 5.41) is 3.52. The Kier molecular flexibility index (Phi) is 5.38. The first kappa shape index (κ1) is 15.3. The Labute approximate surface area is 121 Å². The van der Waals surface area contributed by atoms with Gasteiger partial charge in [-0.1, -0.05) is 6.92 Å². The minimum Gasteiger partial charge on any atom is -0.489 e. The van der Waals surface area contributed by atoms with Crippen LogP contribution < -0.4 is 10.1 Å². The van der Waals surface area contributed by atoms with E-state index in [0.717, 1.165) is 30.7 Å². The molecule has 2 rings (SSSR count). The van der Waals surface area contributed by atoms with Crippen molar-refractivity contribution in [3.8, 4) is 5.75 Å². The van der Waals surface area contributed by atoms with Gasteiger partial charge in [0.1, 0.15) is 5.75 Å². The number of aromatic nitrogens is 1. The molecule has 1 saturated heterocycles. The lowest BCUT2D eigenvalue weighted by Crippen LogP contribution is -2.32. The average Bonchev–Trinajstić information content (AvgIpc) is 2.82. The van der Waals surface area contributed by atoms with E-state index in [-0.39, 0.29) is 18.2 Å². The lowest BCUT2D eigenvalue weighted by atomic mass is 10.0. The molecule has 0 aliphatic carbocycles. The highest BCUT2D eigenvalue weighted by Gasteiger charge is 2.30. The Hall–Kier alpha value is -1.13. The molecule has 0 saturated carbocycles. The zero-order chi connectivity index (χ0) is 14.5. The van der Waals surface area contributed by atoms with Gasteiger partial charge >= 0.3 is 0 Å². The van der Waals surface area contributed by atoms with Crippen LogP contribution in [0, 0.1) is 0 Å². The van der Waals surface area contributed by atoms with Gasteiger partial charge in [-0.2, -0.15) is 0 Å². The molecule has 112 valence electrons. The van der Waals surface area contributed by atoms with Crippen molar-refractivity contribution in [1.82, 2.24) is 10.3 Å². The van der Waals surface area contributed by atoms with Gasteiger partial charge in [-0.3, -0.25) is 4.98 Å². The second kappa shape index (κ2) is 7.04. The van der Waals surface area contributed by atoms with Crippen molar-refractivity contribution in [3.63, 3.8) is 0 Å². The fourth-order valence-electron chi connectivity index (χ4n) is 2.70. The van der Waals surface area contributed by atoms with E-state index in [1.807, 2.05) is 20.0 Å². The van der Waals surface area contributed by atoms with Gasteiger partial charge in [0.15, 0.2) is 0 Å². The molecular formula is C16H26N2O2. The molecule has 3 atom stereocenters. The summed E-state index contributed by atoms with van der Waals surface area (Å²) in [5.74, 6) is 0.825. The smallest absolute Gasteiger partial charge is 0.138 e. The number of hydrogen-bond donors (Lipinski definition) is 1. The van der Waals surface area contributed by atoms with Crippen LogP contribution in [0.1, 0.15) is 52.1 Å². The van der Waals surface area contributed by atoms with E-state index in [1.165, 1.54) is 0 Å². The number of hydrogen-bond acceptors (Lipinski definition) is 4. The highest BCUT2D eigenvalue weighted by Crippen LogP contribution is 2.31. The van der Waals surface area contributed by atoms with Crippen molar-refractivity contribution in [2.75, 3.05) is 6.54 Å². The summed E-state index contributed by atoms with van der Waals surface area (Å²) in [5.41, 5.74) is 1.14. The van der Waals surface area contributed by atoms with E-state index in [4.69, 9.17) is 9.47 Å². The zero-order valence-corrected chi connectivity index (χ0v) is 12.9. The van der Waals surface area contributed by atoms with Crippen molar-refractivity contribution in [3.05, 3.63) is 24.0 Å². The van der Waals surface area contributed by atoms with E-state index < -0.39 is 0 Å². The summed E-state index contributed by atoms with van der Waals surface area (Å²) in [7, 11) is 0. The van der Waals surface area contributed by atoms with Gasteiger partial charge < -0.3 is 14.8 Å². The number of nitrogens with zero attached hydrogens (tertiary/aromatic N) is 1. The topological polar surface area (TPSA) is 43.4 Å². The summed E-state index contributed by atoms with van der Waals surface area (Å²) < 4.78 is 11.8. The Balaban J connectivity index is 2.16. The monoisotopic (exact) mass is 278 g/mol. The molecule has 2 heterocycles. The Morgan fingerprint density at radius 1 is 1.40 bits per heavy atom. The summed E-state index contributed by atoms with van der Waals surface area (Å²) >= 11 is 0. The van der Waals surface area contributed by atoms with E-state index in [9.17, 15) is 0 Å². The SMILES string of the molecule is CCNC(c1cncc(OC(C)C)c1)C1CCC(C)O1. The molecule has 1 aromatic rings. The fraction of sp³-hybridized carbons (Fsp3) is 0.688. The molecular weight excluding hydrogens is 252 g/mol. The molecule has 0 spiro atoms. The minimum absolute atomic E-state index is 0.160. The first-order valence-corrected chi connectivity index (χ1v) is 7.60. The third-order valence-corrected chi connectivity index (χ3v) is 3.53. The van der Waals surface area contributed by atoms with Crippen LogP contribution in [0.4, 0.5) is 0 Å². The lowest BCUT2D eigenvalue weighted by Gasteiger charge is -2.25. The first-order chi connectivity index (χ1) is 9.60. The van der Waals surface area contributed by atoms with Crippen LogP contribution in [0.2, 0.25) is 0 Å². The predicted molar refractivity (Wildman–Crippen MR) is 80.0 cm³/mol. The van der Waals surface area contributed by atoms with Crippen molar-refractivity contribution < 1.29 is 9.47 Å². The van der Waals surface area contributed by atoms with Gasteiger partial charge in [-0.15, -0.1) is 0 Å². The van der Waals surface area contributed by atoms with Crippen molar-refractivity contribution >= 4 is 0 Å². The molecule has 1 fully saturated rings. The maximum atomic E-state index is 6.02. The van der Waals surface area contributed by atoms with Crippen LogP contribution >= 0.6 is 0 Å². The number of rotatable bonds is 6. The van der Waals surface area contributed by atoms with Gasteiger partial charge in [0.2, 0.25) is 0 Å². The molecule has 4 nitrogen and oxygen atoms in total. The molecule has 20 heavy (non-hydrogen) atoms. The molecule has 1 aliphatic heterocycles. The number of pyridine rings is 1. The van der Waals surface area contributed by atoms with Crippen molar-refractivity contribution in [2.45, 2.75) is 64.9 Å². The highest BCUT2D eigenvalue weighted by atomic mass is 16.5. The molecule has 0 radical (unpaired) electrons. The summed E-state index contributed by atoms with van der Waals surface area (Å²) in [6.07, 6.45) is 6.63. The Morgan fingerprint density at radius 2 is 2.20 bits per heavy atom. The molecule has 0 amide bonds. The Bertz CT molecular complexity index is 423. The van der Waals surface area contributed by atoms with Gasteiger partial charge in [-0.25, -0.2) is 0 Å². The van der Waals surface area contributed by atoms with Crippen LogP contribution in [0.3, 0.4) is 0 Å². The molecule has 0 bridgehead atoms. The second-order valence-electron chi connectivity index (χ2n) is 5.72. The summed E-state index contributed by atoms with van der Waals surface area (Å²) in [4.78, 5) is 4.31. The van der Waals surface area contributed by atoms with E-state index in [2.05, 4.69) is 30.2 Å². The molecule has 1 N–H and O–H groups in total. The predicted octanol–water partition coefficient (Wildman–Crippen LogP) is 3.09. The quantitative estimate of drug-likeness (QED) is 0.868. The van der Waals surface area contributed by atoms with Crippen LogP contribution in [0.25, 0.3) is 0 Å². The van der Waals surface area contributed by atoms with Gasteiger partial charge in [-0.05, 0) is 51.8 Å². The maximum Gasteiger partial charge on any atom is 0.138 e. The molecule has 4 heteroatoms. The fourth-order valence-corrected chi connectivity index (χ4v) is 2.70. The molecule has 1 aromatic heterocycles. The van der Waals surface area contributed by atoms with Gasteiger partial charge in [0, 0.05) is 6.20 Å². The number of nitrogens with one attached hydrogen (secondary N) is 1. The largest absolute Gasteiger partial charge is 0.489 e. The maximum absolute atomic E-state index is 6.02. The highest BCUT2D eigenvalue weighted by molar-refractivity contribution is 5.27. The van der Waals surface area contributed by atoms with E-state index in [0.29, 0.717) is 6.10 Å². The third kappa shape index (κ3) is 3.93. The van der Waals surface area contributed by atoms with E-state index >= 15 is 0 Å². The van der Waals surface area contributed by atoms with E-state index in [1.54, 1.807) is 6.20 Å². The second-order valence-corrected chi connectivity index (χ2v) is 5.72. The molecule has 0 aromatic carbocycles. The third-order valence-electron chi connectivity index (χ3n) is 3.53. The van der Waals surface area contributed by atoms with Crippen LogP contribution in [0.5, 0.6) is 5.75 Å². The zero-order valence-electron chi connectivity index (χ0n) is 12.9. The van der Waals surface area contributed by atoms with Crippen molar-refractivity contribution in [2.24, 2.45) is 0 Å².